The summed E-state index contributed by atoms with van der Waals surface area (Å²) < 4.78 is 0. The van der Waals surface area contributed by atoms with Crippen molar-refractivity contribution in [2.24, 2.45) is 0 Å². The normalized spacial score (nSPS) is 12.6. The van der Waals surface area contributed by atoms with Gasteiger partial charge in [0.05, 0.1) is 5.69 Å². The second kappa shape index (κ2) is 31.0. The zero-order chi connectivity index (χ0) is 81.8. The van der Waals surface area contributed by atoms with Crippen LogP contribution >= 0.6 is 0 Å². The van der Waals surface area contributed by atoms with Crippen LogP contribution in [0.5, 0.6) is 0 Å². The summed E-state index contributed by atoms with van der Waals surface area (Å²) in [6.07, 6.45) is 5.44. The fourth-order valence-corrected chi connectivity index (χ4v) is 18.1. The van der Waals surface area contributed by atoms with E-state index in [4.69, 9.17) is 29.9 Å². The van der Waals surface area contributed by atoms with Gasteiger partial charge in [0, 0.05) is 68.4 Å². The summed E-state index contributed by atoms with van der Waals surface area (Å²) >= 11 is 0. The lowest BCUT2D eigenvalue weighted by atomic mass is 9.80. The molecule has 22 rings (SSSR count). The van der Waals surface area contributed by atoms with Gasteiger partial charge >= 0.3 is 0 Å². The number of rotatable bonds is 14. The number of benzene rings is 16. The van der Waals surface area contributed by atoms with Crippen LogP contribution < -0.4 is 0 Å². The minimum Gasteiger partial charge on any atom is -0.265 e. The molecule has 0 spiro atoms. The number of aromatic nitrogens is 8. The average molecular weight is 1560 g/mol. The van der Waals surface area contributed by atoms with Gasteiger partial charge in [-0.05, 0) is 217 Å². The predicted octanol–water partition coefficient (Wildman–Crippen LogP) is 28.8. The van der Waals surface area contributed by atoms with E-state index in [1.807, 2.05) is 110 Å². The summed E-state index contributed by atoms with van der Waals surface area (Å²) in [5.74, 6) is 3.76. The van der Waals surface area contributed by atoms with Gasteiger partial charge in [-0.1, -0.05) is 349 Å². The van der Waals surface area contributed by atoms with E-state index in [1.54, 1.807) is 0 Å². The molecule has 0 saturated heterocycles. The van der Waals surface area contributed by atoms with Crippen LogP contribution in [-0.2, 0) is 10.8 Å². The minimum absolute atomic E-state index is 0.0595. The highest BCUT2D eigenvalue weighted by Gasteiger charge is 2.38. The van der Waals surface area contributed by atoms with Gasteiger partial charge in [0.2, 0.25) is 0 Å². The molecular formula is C114H80N8. The van der Waals surface area contributed by atoms with Crippen LogP contribution in [0.4, 0.5) is 0 Å². The van der Waals surface area contributed by atoms with Gasteiger partial charge < -0.3 is 0 Å². The Balaban J connectivity index is 0.000000150. The van der Waals surface area contributed by atoms with Crippen molar-refractivity contribution in [3.8, 4) is 180 Å². The molecule has 0 atom stereocenters. The van der Waals surface area contributed by atoms with Crippen LogP contribution in [0.3, 0.4) is 0 Å². The number of pyridine rings is 2. The Labute approximate surface area is 710 Å². The summed E-state index contributed by atoms with van der Waals surface area (Å²) in [7, 11) is 0. The quantitative estimate of drug-likeness (QED) is 0.106. The van der Waals surface area contributed by atoms with Gasteiger partial charge in [0.1, 0.15) is 0 Å². The summed E-state index contributed by atoms with van der Waals surface area (Å²) in [5, 5.41) is 5.23. The third kappa shape index (κ3) is 14.0. The van der Waals surface area contributed by atoms with E-state index < -0.39 is 0 Å². The van der Waals surface area contributed by atoms with Crippen LogP contribution in [0, 0.1) is 0 Å². The monoisotopic (exact) mass is 1560 g/mol. The fraction of sp³-hybridized carbons (Fsp3) is 0.0526. The van der Waals surface area contributed by atoms with E-state index in [1.165, 1.54) is 99.4 Å². The molecule has 576 valence electrons. The third-order valence-electron chi connectivity index (χ3n) is 24.4. The summed E-state index contributed by atoms with van der Waals surface area (Å²) in [6, 6.07) is 140. The van der Waals surface area contributed by atoms with E-state index in [2.05, 4.69) is 341 Å². The Bertz CT molecular complexity index is 7410. The topological polar surface area (TPSA) is 103 Å². The molecule has 8 nitrogen and oxygen atoms in total. The maximum absolute atomic E-state index is 5.06. The molecule has 122 heavy (non-hydrogen) atoms. The molecule has 0 amide bonds. The van der Waals surface area contributed by atoms with Crippen molar-refractivity contribution in [2.45, 2.75) is 38.5 Å². The number of hydrogen-bond acceptors (Lipinski definition) is 8. The van der Waals surface area contributed by atoms with Crippen LogP contribution in [0.25, 0.3) is 201 Å². The zero-order valence-corrected chi connectivity index (χ0v) is 67.8. The molecule has 0 fully saturated rings. The van der Waals surface area contributed by atoms with Gasteiger partial charge in [0.25, 0.3) is 0 Å². The number of fused-ring (bicyclic) bond motifs is 10. The lowest BCUT2D eigenvalue weighted by Crippen LogP contribution is -2.15. The highest BCUT2D eigenvalue weighted by atomic mass is 15.0. The average Bonchev–Trinajstić information content (AvgIpc) is 1.56. The Kier molecular flexibility index (Phi) is 18.8. The van der Waals surface area contributed by atoms with E-state index in [9.17, 15) is 0 Å². The van der Waals surface area contributed by atoms with E-state index in [-0.39, 0.29) is 10.8 Å². The Hall–Kier alpha value is -15.6. The Morgan fingerprint density at radius 2 is 0.508 bits per heavy atom. The molecule has 0 radical (unpaired) electrons. The van der Waals surface area contributed by atoms with E-state index in [0.717, 1.165) is 89.1 Å². The van der Waals surface area contributed by atoms with Crippen molar-refractivity contribution in [3.63, 3.8) is 0 Å². The highest BCUT2D eigenvalue weighted by molar-refractivity contribution is 6.04. The van der Waals surface area contributed by atoms with Crippen LogP contribution in [0.2, 0.25) is 0 Å². The number of hydrogen-bond donors (Lipinski definition) is 0. The van der Waals surface area contributed by atoms with Crippen molar-refractivity contribution in [1.29, 1.82) is 0 Å². The predicted molar refractivity (Wildman–Crippen MR) is 501 cm³/mol. The van der Waals surface area contributed by atoms with E-state index in [0.29, 0.717) is 34.9 Å². The molecule has 4 heterocycles. The first-order valence-corrected chi connectivity index (χ1v) is 41.6. The first kappa shape index (κ1) is 73.9. The van der Waals surface area contributed by atoms with Gasteiger partial charge in [0.15, 0.2) is 34.9 Å². The molecule has 16 aromatic carbocycles. The second-order valence-electron chi connectivity index (χ2n) is 32.6. The lowest BCUT2D eigenvalue weighted by Gasteiger charge is -2.23. The largest absolute Gasteiger partial charge is 0.265 e. The van der Waals surface area contributed by atoms with Crippen LogP contribution in [0.15, 0.2) is 413 Å². The molecule has 0 aliphatic heterocycles. The first-order valence-electron chi connectivity index (χ1n) is 41.6. The van der Waals surface area contributed by atoms with Crippen molar-refractivity contribution >= 4 is 21.5 Å². The first-order chi connectivity index (χ1) is 59.9. The van der Waals surface area contributed by atoms with Gasteiger partial charge in [-0.3, -0.25) is 9.97 Å². The van der Waals surface area contributed by atoms with Crippen LogP contribution in [0.1, 0.15) is 49.9 Å². The Morgan fingerprint density at radius 3 is 0.967 bits per heavy atom. The SMILES string of the molecule is CC1(C)c2ccc(-c3cccc(-c4cccc(-c5cccc(-c6nc(-c7ccccc7)nc(-c7ccc(-c8ccccn8)cc7)n6)c5)c4)c3)cc2-c2c1ccc1ccccc21.CC1(C)c2ccc(-c3cccc(-c4cccc(-c5cccc(-c6nc(-c7ccccc7)nc(-c7ccc(-c8ccncc8)cc7)n6)c5)c4)c3)cc2-c2ccc3ccccc3c21. The summed E-state index contributed by atoms with van der Waals surface area (Å²) in [4.78, 5) is 38.8. The fourth-order valence-electron chi connectivity index (χ4n) is 18.1. The van der Waals surface area contributed by atoms with Gasteiger partial charge in [-0.25, -0.2) is 29.9 Å². The summed E-state index contributed by atoms with van der Waals surface area (Å²) in [5.41, 5.74) is 34.5. The zero-order valence-electron chi connectivity index (χ0n) is 67.8. The Morgan fingerprint density at radius 1 is 0.189 bits per heavy atom. The van der Waals surface area contributed by atoms with Crippen molar-refractivity contribution in [3.05, 3.63) is 435 Å². The van der Waals surface area contributed by atoms with Crippen molar-refractivity contribution < 1.29 is 0 Å². The third-order valence-corrected chi connectivity index (χ3v) is 24.4. The highest BCUT2D eigenvalue weighted by Crippen LogP contribution is 2.54. The van der Waals surface area contributed by atoms with Gasteiger partial charge in [-0.2, -0.15) is 0 Å². The van der Waals surface area contributed by atoms with Gasteiger partial charge in [-0.15, -0.1) is 0 Å². The smallest absolute Gasteiger partial charge is 0.164 e. The minimum atomic E-state index is -0.0763. The molecule has 0 bridgehead atoms. The lowest BCUT2D eigenvalue weighted by molar-refractivity contribution is 0.661. The molecule has 0 unspecified atom stereocenters. The molecule has 0 saturated carbocycles. The molecule has 0 N–H and O–H groups in total. The molecule has 4 aromatic heterocycles. The summed E-state index contributed by atoms with van der Waals surface area (Å²) in [6.45, 7) is 9.42. The van der Waals surface area contributed by atoms with Crippen molar-refractivity contribution in [2.75, 3.05) is 0 Å². The maximum Gasteiger partial charge on any atom is 0.164 e. The standard InChI is InChI=1S/2C57H40N4/c1-57(2)52-28-26-47(36-51(52)50-27-25-39-11-6-7-20-49(39)53(50)57)45-17-9-15-43(34-45)42-14-8-16-44(33-42)46-18-10-19-48(35-46)56-60-54(40-12-4-3-5-13-40)59-55(61-56)41-23-21-37(22-24-41)38-29-31-58-32-30-38;1-57(2)50-30-29-46(36-49(50)53-48-22-7-6-13-37(48)28-31-51(53)57)44-19-11-17-42(34-44)41-16-10-18-43(33-41)45-20-12-21-47(35-45)56-60-54(39-14-4-3-5-15-39)59-55(61-56)40-26-24-38(25-27-40)52-23-8-9-32-58-52/h2*3-36H,1-2H3. The molecule has 2 aliphatic rings. The second-order valence-corrected chi connectivity index (χ2v) is 32.6. The van der Waals surface area contributed by atoms with Crippen molar-refractivity contribution in [1.82, 2.24) is 39.9 Å². The number of nitrogens with zero attached hydrogens (tertiary/aromatic N) is 8. The van der Waals surface area contributed by atoms with E-state index >= 15 is 0 Å². The van der Waals surface area contributed by atoms with Crippen LogP contribution in [-0.4, -0.2) is 39.9 Å². The molecular weight excluding hydrogens is 1480 g/mol. The molecule has 20 aromatic rings. The molecule has 2 aliphatic carbocycles. The maximum atomic E-state index is 5.06. The molecule has 8 heteroatoms.